The lowest BCUT2D eigenvalue weighted by molar-refractivity contribution is -0.124. The lowest BCUT2D eigenvalue weighted by Gasteiger charge is -2.26. The number of hydrogen-bond donors (Lipinski definition) is 0. The minimum absolute atomic E-state index is 0.131. The van der Waals surface area contributed by atoms with Gasteiger partial charge >= 0.3 is 0 Å². The van der Waals surface area contributed by atoms with Gasteiger partial charge in [0.15, 0.2) is 10.4 Å². The van der Waals surface area contributed by atoms with E-state index >= 15 is 0 Å². The number of rotatable bonds is 1. The van der Waals surface area contributed by atoms with Crippen molar-refractivity contribution in [1.82, 2.24) is 0 Å². The third kappa shape index (κ3) is 2.51. The first-order valence-electron chi connectivity index (χ1n) is 4.62. The maximum absolute atomic E-state index is 11.9. The summed E-state index contributed by atoms with van der Waals surface area (Å²) in [6.07, 6.45) is 0.702. The average molecular weight is 236 g/mol. The fourth-order valence-electron chi connectivity index (χ4n) is 1.27. The Morgan fingerprint density at radius 2 is 1.57 bits per heavy atom. The van der Waals surface area contributed by atoms with Crippen LogP contribution in [0.2, 0.25) is 0 Å². The van der Waals surface area contributed by atoms with Crippen LogP contribution in [0.4, 0.5) is 0 Å². The SMILES string of the molecule is CC(C)(C)C(=O)C1[S@](=O)CCC[S@]1=O. The normalized spacial score (nSPS) is 30.2. The van der Waals surface area contributed by atoms with E-state index in [-0.39, 0.29) is 5.78 Å². The van der Waals surface area contributed by atoms with Crippen molar-refractivity contribution in [3.63, 3.8) is 0 Å². The second-order valence-electron chi connectivity index (χ2n) is 4.47. The summed E-state index contributed by atoms with van der Waals surface area (Å²) >= 11 is 0. The first kappa shape index (κ1) is 12.0. The average Bonchev–Trinajstić information content (AvgIpc) is 2.01. The molecule has 82 valence electrons. The molecule has 0 aromatic heterocycles. The Labute approximate surface area is 89.6 Å². The predicted octanol–water partition coefficient (Wildman–Crippen LogP) is 0.829. The van der Waals surface area contributed by atoms with Crippen LogP contribution in [0.25, 0.3) is 0 Å². The second-order valence-corrected chi connectivity index (χ2v) is 8.05. The third-order valence-corrected chi connectivity index (χ3v) is 6.18. The molecular formula is C9H16O3S2. The third-order valence-electron chi connectivity index (χ3n) is 2.12. The van der Waals surface area contributed by atoms with Gasteiger partial charge in [0.05, 0.1) is 0 Å². The fraction of sp³-hybridized carbons (Fsp3) is 0.889. The molecule has 1 aliphatic heterocycles. The quantitative estimate of drug-likeness (QED) is 0.677. The molecule has 2 atom stereocenters. The molecule has 0 saturated carbocycles. The highest BCUT2D eigenvalue weighted by Crippen LogP contribution is 2.24. The Morgan fingerprint density at radius 3 is 1.93 bits per heavy atom. The lowest BCUT2D eigenvalue weighted by atomic mass is 9.92. The molecule has 1 saturated heterocycles. The van der Waals surface area contributed by atoms with Crippen molar-refractivity contribution >= 4 is 27.4 Å². The predicted molar refractivity (Wildman–Crippen MR) is 58.9 cm³/mol. The molecule has 3 nitrogen and oxygen atoms in total. The molecule has 1 rings (SSSR count). The molecule has 5 heteroatoms. The molecule has 0 aliphatic carbocycles. The van der Waals surface area contributed by atoms with Crippen LogP contribution in [0.3, 0.4) is 0 Å². The summed E-state index contributed by atoms with van der Waals surface area (Å²) < 4.78 is 22.4. The molecular weight excluding hydrogens is 220 g/mol. The van der Waals surface area contributed by atoms with E-state index in [9.17, 15) is 13.2 Å². The van der Waals surface area contributed by atoms with Crippen LogP contribution in [-0.2, 0) is 26.4 Å². The van der Waals surface area contributed by atoms with E-state index in [1.807, 2.05) is 0 Å². The summed E-state index contributed by atoms with van der Waals surface area (Å²) in [6, 6.07) is 0. The molecule has 0 N–H and O–H groups in total. The van der Waals surface area contributed by atoms with Gasteiger partial charge in [-0.3, -0.25) is 13.2 Å². The Bertz CT molecular complexity index is 275. The molecule has 1 heterocycles. The van der Waals surface area contributed by atoms with Gasteiger partial charge in [0.1, 0.15) is 0 Å². The number of carbonyl (C=O) groups excluding carboxylic acids is 1. The van der Waals surface area contributed by atoms with Crippen molar-refractivity contribution < 1.29 is 13.2 Å². The second kappa shape index (κ2) is 4.23. The van der Waals surface area contributed by atoms with E-state index in [1.165, 1.54) is 0 Å². The van der Waals surface area contributed by atoms with E-state index in [1.54, 1.807) is 20.8 Å². The zero-order chi connectivity index (χ0) is 10.9. The van der Waals surface area contributed by atoms with Crippen molar-refractivity contribution in [3.05, 3.63) is 0 Å². The van der Waals surface area contributed by atoms with E-state index in [0.717, 1.165) is 0 Å². The molecule has 0 spiro atoms. The Morgan fingerprint density at radius 1 is 1.14 bits per heavy atom. The smallest absolute Gasteiger partial charge is 0.168 e. The molecule has 1 aliphatic rings. The van der Waals surface area contributed by atoms with E-state index in [4.69, 9.17) is 0 Å². The van der Waals surface area contributed by atoms with Gasteiger partial charge in [0, 0.05) is 38.5 Å². The van der Waals surface area contributed by atoms with E-state index in [2.05, 4.69) is 0 Å². The van der Waals surface area contributed by atoms with E-state index < -0.39 is 31.6 Å². The van der Waals surface area contributed by atoms with Crippen LogP contribution in [0.15, 0.2) is 0 Å². The summed E-state index contributed by atoms with van der Waals surface area (Å²) in [7, 11) is -2.47. The Kier molecular flexibility index (Phi) is 3.63. The minimum Gasteiger partial charge on any atom is -0.297 e. The largest absolute Gasteiger partial charge is 0.297 e. The minimum atomic E-state index is -1.23. The number of ketones is 1. The topological polar surface area (TPSA) is 51.2 Å². The maximum Gasteiger partial charge on any atom is 0.168 e. The lowest BCUT2D eigenvalue weighted by Crippen LogP contribution is -2.43. The highest BCUT2D eigenvalue weighted by Gasteiger charge is 2.39. The summed E-state index contributed by atoms with van der Waals surface area (Å²) in [5.41, 5.74) is -0.548. The van der Waals surface area contributed by atoms with Crippen LogP contribution in [0, 0.1) is 5.41 Å². The van der Waals surface area contributed by atoms with Crippen molar-refractivity contribution in [2.24, 2.45) is 5.41 Å². The molecule has 1 fully saturated rings. The summed E-state index contributed by atoms with van der Waals surface area (Å²) in [6.45, 7) is 5.33. The van der Waals surface area contributed by atoms with Gasteiger partial charge in [-0.1, -0.05) is 20.8 Å². The zero-order valence-corrected chi connectivity index (χ0v) is 10.4. The first-order valence-corrected chi connectivity index (χ1v) is 7.39. The molecule has 0 aromatic rings. The van der Waals surface area contributed by atoms with Gasteiger partial charge < -0.3 is 0 Å². The van der Waals surface area contributed by atoms with Gasteiger partial charge in [0.25, 0.3) is 0 Å². The summed E-state index contributed by atoms with van der Waals surface area (Å²) in [5.74, 6) is 0.894. The maximum atomic E-state index is 11.9. The van der Waals surface area contributed by atoms with Crippen LogP contribution in [0.1, 0.15) is 27.2 Å². The van der Waals surface area contributed by atoms with Gasteiger partial charge in [-0.05, 0) is 6.42 Å². The fourth-order valence-corrected chi connectivity index (χ4v) is 5.46. The van der Waals surface area contributed by atoms with Gasteiger partial charge in [-0.15, -0.1) is 0 Å². The molecule has 0 bridgehead atoms. The van der Waals surface area contributed by atoms with Crippen LogP contribution in [-0.4, -0.2) is 30.3 Å². The van der Waals surface area contributed by atoms with E-state index in [0.29, 0.717) is 17.9 Å². The summed E-state index contributed by atoms with van der Waals surface area (Å²) in [5, 5.41) is 0. The summed E-state index contributed by atoms with van der Waals surface area (Å²) in [4.78, 5) is 11.9. The van der Waals surface area contributed by atoms with Crippen LogP contribution < -0.4 is 0 Å². The standard InChI is InChI=1S/C9H16O3S2/c1-9(2,3)7(10)8-13(11)5-4-6-14(8)12/h8H,4-6H2,1-3H3/t13-,14-/m1/s1. The van der Waals surface area contributed by atoms with Gasteiger partial charge in [-0.2, -0.15) is 0 Å². The molecule has 0 amide bonds. The van der Waals surface area contributed by atoms with Gasteiger partial charge in [-0.25, -0.2) is 0 Å². The monoisotopic (exact) mass is 236 g/mol. The van der Waals surface area contributed by atoms with Crippen LogP contribution >= 0.6 is 0 Å². The molecule has 14 heavy (non-hydrogen) atoms. The number of carbonyl (C=O) groups is 1. The zero-order valence-electron chi connectivity index (χ0n) is 8.74. The first-order chi connectivity index (χ1) is 6.34. The number of Topliss-reactive ketones (excluding diaryl/α,β-unsaturated/α-hetero) is 1. The van der Waals surface area contributed by atoms with Gasteiger partial charge in [0.2, 0.25) is 0 Å². The number of hydrogen-bond acceptors (Lipinski definition) is 3. The molecule has 0 radical (unpaired) electrons. The van der Waals surface area contributed by atoms with Crippen molar-refractivity contribution in [2.45, 2.75) is 31.8 Å². The van der Waals surface area contributed by atoms with Crippen molar-refractivity contribution in [3.8, 4) is 0 Å². The Hall–Kier alpha value is -0.0300. The van der Waals surface area contributed by atoms with Crippen LogP contribution in [0.5, 0.6) is 0 Å². The molecule has 0 unspecified atom stereocenters. The Balaban J connectivity index is 2.89. The highest BCUT2D eigenvalue weighted by molar-refractivity contribution is 8.04. The highest BCUT2D eigenvalue weighted by atomic mass is 32.2. The van der Waals surface area contributed by atoms with Crippen molar-refractivity contribution in [1.29, 1.82) is 0 Å². The molecule has 0 aromatic carbocycles. The van der Waals surface area contributed by atoms with Crippen molar-refractivity contribution in [2.75, 3.05) is 11.5 Å².